The van der Waals surface area contributed by atoms with Gasteiger partial charge in [0.15, 0.2) is 5.13 Å². The van der Waals surface area contributed by atoms with Crippen molar-refractivity contribution in [3.8, 4) is 0 Å². The van der Waals surface area contributed by atoms with Crippen LogP contribution in [0.2, 0.25) is 10.0 Å². The van der Waals surface area contributed by atoms with E-state index in [1.807, 2.05) is 0 Å². The summed E-state index contributed by atoms with van der Waals surface area (Å²) in [6.07, 6.45) is -4.55. The fourth-order valence-electron chi connectivity index (χ4n) is 2.59. The van der Waals surface area contributed by atoms with Gasteiger partial charge in [-0.05, 0) is 36.4 Å². The number of alkyl halides is 3. The molecule has 0 fully saturated rings. The van der Waals surface area contributed by atoms with Crippen LogP contribution < -0.4 is 4.90 Å². The van der Waals surface area contributed by atoms with Gasteiger partial charge in [0.1, 0.15) is 6.61 Å². The van der Waals surface area contributed by atoms with Gasteiger partial charge in [-0.1, -0.05) is 29.3 Å². The summed E-state index contributed by atoms with van der Waals surface area (Å²) in [6.45, 7) is 0.993. The van der Waals surface area contributed by atoms with Crippen molar-refractivity contribution in [1.82, 2.24) is 4.98 Å². The van der Waals surface area contributed by atoms with E-state index in [1.165, 1.54) is 42.6 Å². The molecule has 2 aromatic carbocycles. The second kappa shape index (κ2) is 9.25. The molecule has 0 aliphatic carbocycles. The first kappa shape index (κ1) is 23.1. The Balaban J connectivity index is 1.78. The first-order chi connectivity index (χ1) is 14.6. The molecular formula is C20H13Cl2F3N2O3S. The van der Waals surface area contributed by atoms with Crippen LogP contribution >= 0.6 is 34.5 Å². The third-order valence-corrected chi connectivity index (χ3v) is 5.40. The number of aromatic nitrogens is 1. The number of esters is 1. The smallest absolute Gasteiger partial charge is 0.416 e. The van der Waals surface area contributed by atoms with E-state index < -0.39 is 23.6 Å². The number of amides is 1. The summed E-state index contributed by atoms with van der Waals surface area (Å²) in [5.41, 5.74) is -0.428. The van der Waals surface area contributed by atoms with Crippen LogP contribution in [0.5, 0.6) is 0 Å². The minimum absolute atomic E-state index is 0.0214. The highest BCUT2D eigenvalue weighted by molar-refractivity contribution is 7.14. The lowest BCUT2D eigenvalue weighted by Crippen LogP contribution is -2.23. The summed E-state index contributed by atoms with van der Waals surface area (Å²) in [4.78, 5) is 29.6. The maximum Gasteiger partial charge on any atom is 0.416 e. The summed E-state index contributed by atoms with van der Waals surface area (Å²) in [5.74, 6) is -1.22. The minimum atomic E-state index is -4.55. The van der Waals surface area contributed by atoms with Crippen LogP contribution in [0.25, 0.3) is 0 Å². The van der Waals surface area contributed by atoms with Crippen LogP contribution in [-0.4, -0.2) is 16.9 Å². The zero-order valence-corrected chi connectivity index (χ0v) is 18.1. The van der Waals surface area contributed by atoms with E-state index in [0.29, 0.717) is 10.7 Å². The number of ether oxygens (including phenoxy) is 1. The molecule has 0 spiro atoms. The quantitative estimate of drug-likeness (QED) is 0.384. The predicted molar refractivity (Wildman–Crippen MR) is 112 cm³/mol. The first-order valence-corrected chi connectivity index (χ1v) is 10.2. The van der Waals surface area contributed by atoms with Gasteiger partial charge in [-0.3, -0.25) is 9.69 Å². The Labute approximate surface area is 189 Å². The lowest BCUT2D eigenvalue weighted by atomic mass is 10.2. The van der Waals surface area contributed by atoms with Gasteiger partial charge in [0.05, 0.1) is 27.5 Å². The molecular weight excluding hydrogens is 476 g/mol. The number of carbonyl (C=O) groups excluding carboxylic acids is 2. The number of hydrogen-bond acceptors (Lipinski definition) is 5. The molecule has 5 nitrogen and oxygen atoms in total. The highest BCUT2D eigenvalue weighted by atomic mass is 35.5. The summed E-state index contributed by atoms with van der Waals surface area (Å²) in [5, 5.41) is 2.17. The second-order valence-corrected chi connectivity index (χ2v) is 7.90. The highest BCUT2D eigenvalue weighted by Crippen LogP contribution is 2.35. The Kier molecular flexibility index (Phi) is 6.88. The monoisotopic (exact) mass is 488 g/mol. The number of hydrogen-bond donors (Lipinski definition) is 0. The van der Waals surface area contributed by atoms with Gasteiger partial charge in [0.2, 0.25) is 5.91 Å². The summed E-state index contributed by atoms with van der Waals surface area (Å²) in [6, 6.07) is 8.68. The van der Waals surface area contributed by atoms with E-state index in [2.05, 4.69) is 4.98 Å². The van der Waals surface area contributed by atoms with Crippen LogP contribution in [0.4, 0.5) is 24.0 Å². The summed E-state index contributed by atoms with van der Waals surface area (Å²) in [7, 11) is 0. The number of rotatable bonds is 5. The largest absolute Gasteiger partial charge is 0.456 e. The molecule has 0 radical (unpaired) electrons. The van der Waals surface area contributed by atoms with E-state index in [0.717, 1.165) is 28.4 Å². The van der Waals surface area contributed by atoms with Gasteiger partial charge in [0.25, 0.3) is 0 Å². The molecule has 162 valence electrons. The number of anilines is 2. The molecule has 1 heterocycles. The second-order valence-electron chi connectivity index (χ2n) is 6.22. The molecule has 1 aromatic heterocycles. The number of halogens is 5. The van der Waals surface area contributed by atoms with Crippen LogP contribution in [0.3, 0.4) is 0 Å². The zero-order chi connectivity index (χ0) is 22.8. The van der Waals surface area contributed by atoms with Crippen molar-refractivity contribution >= 4 is 57.2 Å². The van der Waals surface area contributed by atoms with Crippen molar-refractivity contribution in [2.75, 3.05) is 4.90 Å². The lowest BCUT2D eigenvalue weighted by molar-refractivity contribution is -0.137. The molecule has 3 rings (SSSR count). The SMILES string of the molecule is CC(=O)N(c1cccc(C(F)(F)F)c1)c1nc(COC(=O)c2ccc(Cl)cc2Cl)cs1. The Hall–Kier alpha value is -2.62. The van der Waals surface area contributed by atoms with Crippen molar-refractivity contribution < 1.29 is 27.5 Å². The summed E-state index contributed by atoms with van der Waals surface area (Å²) < 4.78 is 44.3. The molecule has 0 aliphatic rings. The molecule has 0 saturated heterocycles. The standard InChI is InChI=1S/C20H13Cl2F3N2O3S/c1-11(28)27(15-4-2-3-12(7-15)20(23,24)25)19-26-14(10-31-19)9-30-18(29)16-6-5-13(21)8-17(16)22/h2-8,10H,9H2,1H3. The van der Waals surface area contributed by atoms with Crippen LogP contribution in [-0.2, 0) is 22.3 Å². The first-order valence-electron chi connectivity index (χ1n) is 8.61. The predicted octanol–water partition coefficient (Wildman–Crippen LogP) is 6.51. The Bertz CT molecular complexity index is 1130. The van der Waals surface area contributed by atoms with Gasteiger partial charge in [-0.25, -0.2) is 9.78 Å². The van der Waals surface area contributed by atoms with Crippen molar-refractivity contribution in [2.45, 2.75) is 19.7 Å². The number of carbonyl (C=O) groups is 2. The minimum Gasteiger partial charge on any atom is -0.456 e. The van der Waals surface area contributed by atoms with Crippen molar-refractivity contribution in [1.29, 1.82) is 0 Å². The Morgan fingerprint density at radius 1 is 1.16 bits per heavy atom. The molecule has 0 N–H and O–H groups in total. The molecule has 1 amide bonds. The topological polar surface area (TPSA) is 59.5 Å². The molecule has 0 unspecified atom stereocenters. The Morgan fingerprint density at radius 2 is 1.90 bits per heavy atom. The van der Waals surface area contributed by atoms with E-state index in [9.17, 15) is 22.8 Å². The highest BCUT2D eigenvalue weighted by Gasteiger charge is 2.31. The van der Waals surface area contributed by atoms with Gasteiger partial charge in [-0.15, -0.1) is 11.3 Å². The van der Waals surface area contributed by atoms with Crippen molar-refractivity contribution in [3.63, 3.8) is 0 Å². The Morgan fingerprint density at radius 3 is 2.55 bits per heavy atom. The van der Waals surface area contributed by atoms with Crippen LogP contribution in [0, 0.1) is 0 Å². The maximum absolute atomic E-state index is 13.0. The average Bonchev–Trinajstić information content (AvgIpc) is 3.14. The fourth-order valence-corrected chi connectivity index (χ4v) is 3.94. The molecule has 11 heteroatoms. The number of nitrogens with zero attached hydrogens (tertiary/aromatic N) is 2. The number of benzene rings is 2. The molecule has 0 bridgehead atoms. The van der Waals surface area contributed by atoms with Gasteiger partial charge >= 0.3 is 12.1 Å². The van der Waals surface area contributed by atoms with Crippen molar-refractivity contribution in [2.24, 2.45) is 0 Å². The molecule has 31 heavy (non-hydrogen) atoms. The van der Waals surface area contributed by atoms with E-state index in [-0.39, 0.29) is 28.0 Å². The zero-order valence-electron chi connectivity index (χ0n) is 15.7. The lowest BCUT2D eigenvalue weighted by Gasteiger charge is -2.19. The fraction of sp³-hybridized carbons (Fsp3) is 0.150. The molecule has 0 saturated carbocycles. The average molecular weight is 489 g/mol. The third-order valence-electron chi connectivity index (χ3n) is 3.98. The van der Waals surface area contributed by atoms with E-state index >= 15 is 0 Å². The third kappa shape index (κ3) is 5.55. The summed E-state index contributed by atoms with van der Waals surface area (Å²) >= 11 is 12.8. The number of thiazole rings is 1. The van der Waals surface area contributed by atoms with E-state index in [1.54, 1.807) is 0 Å². The van der Waals surface area contributed by atoms with Crippen LogP contribution in [0.15, 0.2) is 47.8 Å². The van der Waals surface area contributed by atoms with E-state index in [4.69, 9.17) is 27.9 Å². The van der Waals surface area contributed by atoms with Gasteiger partial charge < -0.3 is 4.74 Å². The molecule has 3 aromatic rings. The van der Waals surface area contributed by atoms with Crippen LogP contribution in [0.1, 0.15) is 28.5 Å². The van der Waals surface area contributed by atoms with Gasteiger partial charge in [0, 0.05) is 17.3 Å². The van der Waals surface area contributed by atoms with Crippen molar-refractivity contribution in [3.05, 3.63) is 74.7 Å². The normalized spacial score (nSPS) is 11.3. The van der Waals surface area contributed by atoms with Gasteiger partial charge in [-0.2, -0.15) is 13.2 Å². The molecule has 0 aliphatic heterocycles. The maximum atomic E-state index is 13.0. The molecule has 0 atom stereocenters.